The van der Waals surface area contributed by atoms with Crippen LogP contribution >= 0.6 is 0 Å². The van der Waals surface area contributed by atoms with E-state index in [9.17, 15) is 24.9 Å². The normalized spacial score (nSPS) is 14.1. The van der Waals surface area contributed by atoms with Gasteiger partial charge >= 0.3 is 0 Å². The van der Waals surface area contributed by atoms with Gasteiger partial charge in [-0.25, -0.2) is 0 Å². The molecule has 5 nitrogen and oxygen atoms in total. The van der Waals surface area contributed by atoms with E-state index in [0.717, 1.165) is 64.2 Å². The van der Waals surface area contributed by atoms with E-state index in [0.29, 0.717) is 12.8 Å². The van der Waals surface area contributed by atoms with Crippen molar-refractivity contribution in [1.82, 2.24) is 0 Å². The Balaban J connectivity index is 4.05. The lowest BCUT2D eigenvalue weighted by atomic mass is 9.82. The van der Waals surface area contributed by atoms with Gasteiger partial charge in [0.1, 0.15) is 6.10 Å². The summed E-state index contributed by atoms with van der Waals surface area (Å²) in [5.41, 5.74) is -2.49. The van der Waals surface area contributed by atoms with E-state index in [1.54, 1.807) is 0 Å². The number of Topliss-reactive ketones (excluding diaryl/α,β-unsaturated/α-hetero) is 2. The lowest BCUT2D eigenvalue weighted by Crippen LogP contribution is -2.57. The molecule has 0 heterocycles. The second-order valence-corrected chi connectivity index (χ2v) is 12.3. The Morgan fingerprint density at radius 2 is 0.810 bits per heavy atom. The summed E-state index contributed by atoms with van der Waals surface area (Å²) < 4.78 is 0. The zero-order valence-corrected chi connectivity index (χ0v) is 27.6. The van der Waals surface area contributed by atoms with E-state index in [2.05, 4.69) is 38.2 Å². The molecule has 0 rings (SSSR count). The summed E-state index contributed by atoms with van der Waals surface area (Å²) in [5, 5.41) is 30.5. The smallest absolute Gasteiger partial charge is 0.209 e. The van der Waals surface area contributed by atoms with E-state index in [4.69, 9.17) is 0 Å². The Labute approximate surface area is 259 Å². The van der Waals surface area contributed by atoms with Gasteiger partial charge in [0.25, 0.3) is 0 Å². The fourth-order valence-electron chi connectivity index (χ4n) is 5.40. The van der Waals surface area contributed by atoms with E-state index in [-0.39, 0.29) is 12.8 Å². The molecule has 0 aromatic rings. The lowest BCUT2D eigenvalue weighted by Gasteiger charge is -2.29. The van der Waals surface area contributed by atoms with E-state index in [1.807, 2.05) is 0 Å². The van der Waals surface area contributed by atoms with Crippen molar-refractivity contribution in [2.45, 2.75) is 192 Å². The minimum Gasteiger partial charge on any atom is -0.394 e. The SMILES string of the molecule is CCCCCC/C=C\CCCCCCCC(=O)C(O)(C(=O)CCCCCCC/C=C\CCCCCCCC)C(O)CO. The molecule has 0 aromatic carbocycles. The molecule has 246 valence electrons. The number of allylic oxidation sites excluding steroid dienone is 4. The van der Waals surface area contributed by atoms with Gasteiger partial charge < -0.3 is 15.3 Å². The highest BCUT2D eigenvalue weighted by Crippen LogP contribution is 2.22. The Kier molecular flexibility index (Phi) is 28.8. The highest BCUT2D eigenvalue weighted by Gasteiger charge is 2.48. The van der Waals surface area contributed by atoms with Crippen molar-refractivity contribution in [1.29, 1.82) is 0 Å². The molecule has 5 heteroatoms. The molecular weight excluding hydrogens is 524 g/mol. The van der Waals surface area contributed by atoms with Crippen LogP contribution in [-0.4, -0.2) is 45.2 Å². The molecular formula is C37H68O5. The van der Waals surface area contributed by atoms with Crippen LogP contribution in [-0.2, 0) is 9.59 Å². The van der Waals surface area contributed by atoms with Gasteiger partial charge in [0.2, 0.25) is 5.60 Å². The minimum absolute atomic E-state index is 0.0450. The molecule has 2 unspecified atom stereocenters. The van der Waals surface area contributed by atoms with Gasteiger partial charge in [-0.15, -0.1) is 0 Å². The Hall–Kier alpha value is -1.30. The number of unbranched alkanes of at least 4 members (excludes halogenated alkanes) is 20. The molecule has 2 atom stereocenters. The second kappa shape index (κ2) is 29.8. The topological polar surface area (TPSA) is 94.8 Å². The van der Waals surface area contributed by atoms with Gasteiger partial charge in [-0.05, 0) is 64.2 Å². The van der Waals surface area contributed by atoms with Crippen LogP contribution in [0.1, 0.15) is 181 Å². The first-order valence-corrected chi connectivity index (χ1v) is 17.8. The number of aliphatic hydroxyl groups excluding tert-OH is 2. The van der Waals surface area contributed by atoms with Crippen molar-refractivity contribution in [2.24, 2.45) is 0 Å². The molecule has 0 spiro atoms. The van der Waals surface area contributed by atoms with Gasteiger partial charge in [0, 0.05) is 12.8 Å². The fourth-order valence-corrected chi connectivity index (χ4v) is 5.40. The number of aliphatic hydroxyl groups is 3. The quantitative estimate of drug-likeness (QED) is 0.0411. The third kappa shape index (κ3) is 21.4. The highest BCUT2D eigenvalue weighted by atomic mass is 16.4. The van der Waals surface area contributed by atoms with E-state index < -0.39 is 29.9 Å². The first-order chi connectivity index (χ1) is 20.4. The van der Waals surface area contributed by atoms with Crippen LogP contribution in [0, 0.1) is 0 Å². The standard InChI is InChI=1S/C37H68O5/c1-3-5-7-9-11-13-15-17-18-20-22-24-26-28-30-32-35(40)37(42,36(41)33-38)34(39)31-29-27-25-23-21-19-16-14-12-10-8-6-4-2/h14,16-18,36,38,41-42H,3-13,15,19-33H2,1-2H3/b16-14-,18-17-. The summed E-state index contributed by atoms with van der Waals surface area (Å²) in [6.45, 7) is 3.66. The molecule has 42 heavy (non-hydrogen) atoms. The van der Waals surface area contributed by atoms with Gasteiger partial charge in [-0.3, -0.25) is 9.59 Å². The van der Waals surface area contributed by atoms with E-state index in [1.165, 1.54) is 77.0 Å². The molecule has 0 bridgehead atoms. The molecule has 0 saturated carbocycles. The monoisotopic (exact) mass is 593 g/mol. The number of carbonyl (C=O) groups excluding carboxylic acids is 2. The third-order valence-corrected chi connectivity index (χ3v) is 8.34. The zero-order valence-electron chi connectivity index (χ0n) is 27.6. The summed E-state index contributed by atoms with van der Waals surface area (Å²) in [6.07, 6.45) is 34.4. The van der Waals surface area contributed by atoms with Crippen molar-refractivity contribution in [3.8, 4) is 0 Å². The van der Waals surface area contributed by atoms with Gasteiger partial charge in [-0.1, -0.05) is 128 Å². The van der Waals surface area contributed by atoms with Crippen molar-refractivity contribution < 1.29 is 24.9 Å². The fraction of sp³-hybridized carbons (Fsp3) is 0.838. The Morgan fingerprint density at radius 1 is 0.524 bits per heavy atom. The molecule has 0 saturated heterocycles. The maximum atomic E-state index is 12.8. The van der Waals surface area contributed by atoms with Crippen molar-refractivity contribution in [3.63, 3.8) is 0 Å². The van der Waals surface area contributed by atoms with Crippen molar-refractivity contribution in [3.05, 3.63) is 24.3 Å². The van der Waals surface area contributed by atoms with Crippen LogP contribution < -0.4 is 0 Å². The molecule has 3 N–H and O–H groups in total. The lowest BCUT2D eigenvalue weighted by molar-refractivity contribution is -0.166. The minimum atomic E-state index is -2.49. The van der Waals surface area contributed by atoms with E-state index >= 15 is 0 Å². The second-order valence-electron chi connectivity index (χ2n) is 12.3. The number of ketones is 2. The van der Waals surface area contributed by atoms with Crippen LogP contribution in [0.4, 0.5) is 0 Å². The first kappa shape index (κ1) is 40.7. The number of hydrogen-bond donors (Lipinski definition) is 3. The Morgan fingerprint density at radius 3 is 1.14 bits per heavy atom. The number of carbonyl (C=O) groups is 2. The molecule has 0 aliphatic rings. The van der Waals surface area contributed by atoms with Gasteiger partial charge in [0.15, 0.2) is 11.6 Å². The predicted octanol–water partition coefficient (Wildman–Crippen LogP) is 9.50. The third-order valence-electron chi connectivity index (χ3n) is 8.34. The van der Waals surface area contributed by atoms with Crippen LogP contribution in [0.2, 0.25) is 0 Å². The van der Waals surface area contributed by atoms with Crippen LogP contribution in [0.5, 0.6) is 0 Å². The van der Waals surface area contributed by atoms with Crippen molar-refractivity contribution in [2.75, 3.05) is 6.61 Å². The summed E-state index contributed by atoms with van der Waals surface area (Å²) in [4.78, 5) is 25.6. The highest BCUT2D eigenvalue weighted by molar-refractivity contribution is 6.10. The average Bonchev–Trinajstić information content (AvgIpc) is 3.00. The summed E-state index contributed by atoms with van der Waals surface area (Å²) in [6, 6.07) is 0. The van der Waals surface area contributed by atoms with Gasteiger partial charge in [0.05, 0.1) is 6.61 Å². The van der Waals surface area contributed by atoms with Crippen LogP contribution in [0.15, 0.2) is 24.3 Å². The summed E-state index contributed by atoms with van der Waals surface area (Å²) >= 11 is 0. The molecule has 0 fully saturated rings. The zero-order chi connectivity index (χ0) is 31.2. The number of hydrogen-bond acceptors (Lipinski definition) is 5. The molecule has 0 radical (unpaired) electrons. The molecule has 0 aliphatic heterocycles. The summed E-state index contributed by atoms with van der Waals surface area (Å²) in [5.74, 6) is -1.32. The number of rotatable bonds is 32. The average molecular weight is 593 g/mol. The first-order valence-electron chi connectivity index (χ1n) is 17.8. The summed E-state index contributed by atoms with van der Waals surface area (Å²) in [7, 11) is 0. The van der Waals surface area contributed by atoms with Crippen LogP contribution in [0.25, 0.3) is 0 Å². The molecule has 0 aliphatic carbocycles. The maximum Gasteiger partial charge on any atom is 0.209 e. The Bertz CT molecular complexity index is 686. The molecule has 0 amide bonds. The maximum absolute atomic E-state index is 12.8. The predicted molar refractivity (Wildman–Crippen MR) is 178 cm³/mol. The largest absolute Gasteiger partial charge is 0.394 e. The van der Waals surface area contributed by atoms with Gasteiger partial charge in [-0.2, -0.15) is 0 Å². The molecule has 0 aromatic heterocycles. The van der Waals surface area contributed by atoms with Crippen molar-refractivity contribution >= 4 is 11.6 Å². The van der Waals surface area contributed by atoms with Crippen LogP contribution in [0.3, 0.4) is 0 Å².